The number of nitrogens with zero attached hydrogens (tertiary/aromatic N) is 1. The molecule has 2 aromatic rings. The molecular formula is C13H10F2N2O. The summed E-state index contributed by atoms with van der Waals surface area (Å²) in [7, 11) is 0. The minimum Gasteiger partial charge on any atom is -0.348 e. The monoisotopic (exact) mass is 248 g/mol. The molecule has 0 unspecified atom stereocenters. The molecule has 18 heavy (non-hydrogen) atoms. The van der Waals surface area contributed by atoms with Crippen LogP contribution in [0, 0.1) is 11.6 Å². The van der Waals surface area contributed by atoms with Crippen LogP contribution in [0.4, 0.5) is 8.78 Å². The van der Waals surface area contributed by atoms with Crippen molar-refractivity contribution in [2.45, 2.75) is 6.54 Å². The summed E-state index contributed by atoms with van der Waals surface area (Å²) >= 11 is 0. The van der Waals surface area contributed by atoms with Crippen molar-refractivity contribution in [3.8, 4) is 0 Å². The van der Waals surface area contributed by atoms with Gasteiger partial charge in [0, 0.05) is 30.6 Å². The minimum absolute atomic E-state index is 0.0653. The number of aromatic nitrogens is 1. The van der Waals surface area contributed by atoms with E-state index < -0.39 is 11.6 Å². The first kappa shape index (κ1) is 12.2. The standard InChI is InChI=1S/C13H10F2N2O/c14-11-5-9(6-12(15)7-11)8-17-13(18)10-1-3-16-4-2-10/h1-7H,8H2,(H,17,18). The zero-order valence-corrected chi connectivity index (χ0v) is 9.36. The van der Waals surface area contributed by atoms with Gasteiger partial charge in [0.1, 0.15) is 11.6 Å². The molecule has 0 saturated carbocycles. The lowest BCUT2D eigenvalue weighted by atomic mass is 10.2. The van der Waals surface area contributed by atoms with E-state index in [9.17, 15) is 13.6 Å². The molecule has 1 aromatic heterocycles. The van der Waals surface area contributed by atoms with Crippen molar-refractivity contribution in [2.24, 2.45) is 0 Å². The molecule has 0 spiro atoms. The molecule has 5 heteroatoms. The molecular weight excluding hydrogens is 238 g/mol. The Labute approximate surface area is 102 Å². The van der Waals surface area contributed by atoms with Crippen molar-refractivity contribution < 1.29 is 13.6 Å². The van der Waals surface area contributed by atoms with Crippen LogP contribution in [0.1, 0.15) is 15.9 Å². The second-order valence-electron chi connectivity index (χ2n) is 3.70. The lowest BCUT2D eigenvalue weighted by Crippen LogP contribution is -2.22. The number of benzene rings is 1. The van der Waals surface area contributed by atoms with Crippen LogP contribution in [-0.4, -0.2) is 10.9 Å². The highest BCUT2D eigenvalue weighted by Crippen LogP contribution is 2.08. The van der Waals surface area contributed by atoms with Crippen LogP contribution < -0.4 is 5.32 Å². The maximum Gasteiger partial charge on any atom is 0.251 e. The number of carbonyl (C=O) groups is 1. The highest BCUT2D eigenvalue weighted by molar-refractivity contribution is 5.93. The van der Waals surface area contributed by atoms with Gasteiger partial charge in [-0.05, 0) is 29.8 Å². The maximum atomic E-state index is 12.9. The molecule has 0 fully saturated rings. The first-order valence-corrected chi connectivity index (χ1v) is 5.28. The zero-order valence-electron chi connectivity index (χ0n) is 9.36. The lowest BCUT2D eigenvalue weighted by Gasteiger charge is -2.05. The van der Waals surface area contributed by atoms with Gasteiger partial charge in [0.05, 0.1) is 0 Å². The molecule has 0 atom stereocenters. The smallest absolute Gasteiger partial charge is 0.251 e. The maximum absolute atomic E-state index is 12.9. The van der Waals surface area contributed by atoms with Crippen LogP contribution in [0.2, 0.25) is 0 Å². The summed E-state index contributed by atoms with van der Waals surface area (Å²) in [6.07, 6.45) is 2.99. The van der Waals surface area contributed by atoms with Crippen molar-refractivity contribution >= 4 is 5.91 Å². The van der Waals surface area contributed by atoms with Gasteiger partial charge in [0.2, 0.25) is 0 Å². The molecule has 0 aliphatic rings. The van der Waals surface area contributed by atoms with Gasteiger partial charge in [0.15, 0.2) is 0 Å². The fraction of sp³-hybridized carbons (Fsp3) is 0.0769. The average Bonchev–Trinajstić information content (AvgIpc) is 2.36. The SMILES string of the molecule is O=C(NCc1cc(F)cc(F)c1)c1ccncc1. The molecule has 0 radical (unpaired) electrons. The number of halogens is 2. The van der Waals surface area contributed by atoms with Crippen molar-refractivity contribution in [3.63, 3.8) is 0 Å². The van der Waals surface area contributed by atoms with Crippen LogP contribution in [0.3, 0.4) is 0 Å². The summed E-state index contributed by atoms with van der Waals surface area (Å²) in [4.78, 5) is 15.5. The first-order chi connectivity index (χ1) is 8.65. The summed E-state index contributed by atoms with van der Waals surface area (Å²) < 4.78 is 25.8. The molecule has 0 aliphatic carbocycles. The Kier molecular flexibility index (Phi) is 3.62. The molecule has 0 aliphatic heterocycles. The topological polar surface area (TPSA) is 42.0 Å². The van der Waals surface area contributed by atoms with Crippen molar-refractivity contribution in [1.82, 2.24) is 10.3 Å². The van der Waals surface area contributed by atoms with Gasteiger partial charge >= 0.3 is 0 Å². The van der Waals surface area contributed by atoms with Crippen LogP contribution in [0.15, 0.2) is 42.7 Å². The summed E-state index contributed by atoms with van der Waals surface area (Å²) in [6, 6.07) is 6.25. The van der Waals surface area contributed by atoms with Crippen molar-refractivity contribution in [1.29, 1.82) is 0 Å². The summed E-state index contributed by atoms with van der Waals surface area (Å²) in [5, 5.41) is 2.57. The third kappa shape index (κ3) is 3.10. The molecule has 3 nitrogen and oxygen atoms in total. The Hall–Kier alpha value is -2.30. The van der Waals surface area contributed by atoms with E-state index in [4.69, 9.17) is 0 Å². The van der Waals surface area contributed by atoms with E-state index in [1.165, 1.54) is 24.5 Å². The Morgan fingerprint density at radius 2 is 1.72 bits per heavy atom. The minimum atomic E-state index is -0.664. The summed E-state index contributed by atoms with van der Waals surface area (Å²) in [5.74, 6) is -1.65. The van der Waals surface area contributed by atoms with Crippen molar-refractivity contribution in [2.75, 3.05) is 0 Å². The Bertz CT molecular complexity index is 538. The number of hydrogen-bond donors (Lipinski definition) is 1. The van der Waals surface area contributed by atoms with Gasteiger partial charge in [-0.2, -0.15) is 0 Å². The van der Waals surface area contributed by atoms with E-state index in [1.807, 2.05) is 0 Å². The second-order valence-corrected chi connectivity index (χ2v) is 3.70. The zero-order chi connectivity index (χ0) is 13.0. The molecule has 1 heterocycles. The summed E-state index contributed by atoms with van der Waals surface area (Å²) in [5.41, 5.74) is 0.816. The van der Waals surface area contributed by atoms with Gasteiger partial charge in [-0.1, -0.05) is 0 Å². The van der Waals surface area contributed by atoms with E-state index in [-0.39, 0.29) is 12.5 Å². The van der Waals surface area contributed by atoms with Crippen LogP contribution >= 0.6 is 0 Å². The largest absolute Gasteiger partial charge is 0.348 e. The Morgan fingerprint density at radius 1 is 1.11 bits per heavy atom. The fourth-order valence-electron chi connectivity index (χ4n) is 1.50. The summed E-state index contributed by atoms with van der Waals surface area (Å²) in [6.45, 7) is 0.0653. The van der Waals surface area contributed by atoms with Gasteiger partial charge < -0.3 is 5.32 Å². The number of carbonyl (C=O) groups excluding carboxylic acids is 1. The molecule has 1 N–H and O–H groups in total. The Morgan fingerprint density at radius 3 is 2.33 bits per heavy atom. The number of nitrogens with one attached hydrogen (secondary N) is 1. The fourth-order valence-corrected chi connectivity index (χ4v) is 1.50. The molecule has 92 valence electrons. The molecule has 2 rings (SSSR count). The van der Waals surface area contributed by atoms with E-state index in [0.717, 1.165) is 6.07 Å². The first-order valence-electron chi connectivity index (χ1n) is 5.28. The van der Waals surface area contributed by atoms with Gasteiger partial charge in [0.25, 0.3) is 5.91 Å². The van der Waals surface area contributed by atoms with Gasteiger partial charge in [-0.3, -0.25) is 9.78 Å². The van der Waals surface area contributed by atoms with Gasteiger partial charge in [-0.25, -0.2) is 8.78 Å². The molecule has 0 bridgehead atoms. The van der Waals surface area contributed by atoms with E-state index in [2.05, 4.69) is 10.3 Å². The van der Waals surface area contributed by atoms with Crippen LogP contribution in [-0.2, 0) is 6.54 Å². The quantitative estimate of drug-likeness (QED) is 0.905. The third-order valence-electron chi connectivity index (χ3n) is 2.32. The Balaban J connectivity index is 2.02. The lowest BCUT2D eigenvalue weighted by molar-refractivity contribution is 0.0950. The molecule has 1 aromatic carbocycles. The van der Waals surface area contributed by atoms with E-state index in [0.29, 0.717) is 11.1 Å². The number of hydrogen-bond acceptors (Lipinski definition) is 2. The number of pyridine rings is 1. The number of rotatable bonds is 3. The van der Waals surface area contributed by atoms with Crippen LogP contribution in [0.5, 0.6) is 0 Å². The van der Waals surface area contributed by atoms with Crippen LogP contribution in [0.25, 0.3) is 0 Å². The highest BCUT2D eigenvalue weighted by Gasteiger charge is 2.05. The normalized spacial score (nSPS) is 10.1. The number of amides is 1. The average molecular weight is 248 g/mol. The predicted molar refractivity (Wildman–Crippen MR) is 61.8 cm³/mol. The third-order valence-corrected chi connectivity index (χ3v) is 2.32. The molecule has 1 amide bonds. The van der Waals surface area contributed by atoms with Gasteiger partial charge in [-0.15, -0.1) is 0 Å². The molecule has 0 saturated heterocycles. The predicted octanol–water partition coefficient (Wildman–Crippen LogP) is 2.29. The van der Waals surface area contributed by atoms with Crippen molar-refractivity contribution in [3.05, 3.63) is 65.5 Å². The second kappa shape index (κ2) is 5.35. The van der Waals surface area contributed by atoms with E-state index >= 15 is 0 Å². The van der Waals surface area contributed by atoms with E-state index in [1.54, 1.807) is 12.1 Å². The highest BCUT2D eigenvalue weighted by atomic mass is 19.1.